The predicted octanol–water partition coefficient (Wildman–Crippen LogP) is 9.69. The number of azide groups is 2. The second kappa shape index (κ2) is 40.9. The maximum Gasteiger partial charge on any atom is 1.00 e. The molecule has 0 aromatic heterocycles. The first kappa shape index (κ1) is 77.5. The smallest absolute Gasteiger partial charge is 0.565 e. The molecule has 8 N–H and O–H groups in total. The normalized spacial score (nSPS) is 11.5. The molecule has 0 aliphatic heterocycles. The quantitative estimate of drug-likeness (QED) is 0.00267. The topological polar surface area (TPSA) is 452 Å². The van der Waals surface area contributed by atoms with Crippen molar-refractivity contribution in [1.29, 1.82) is 0 Å². The van der Waals surface area contributed by atoms with Gasteiger partial charge in [-0.15, -0.1) is 12.4 Å². The number of fused-ring (bicyclic) bond motifs is 6. The Morgan fingerprint density at radius 1 is 0.542 bits per heavy atom. The van der Waals surface area contributed by atoms with E-state index in [4.69, 9.17) is 55.5 Å². The van der Waals surface area contributed by atoms with Gasteiger partial charge < -0.3 is 70.6 Å². The number of nitro benzene ring substituents is 1. The van der Waals surface area contributed by atoms with E-state index in [1.165, 1.54) is 24.3 Å². The molecule has 2 atom stereocenters. The van der Waals surface area contributed by atoms with Gasteiger partial charge in [0.2, 0.25) is 6.16 Å². The third kappa shape index (κ3) is 24.9. The van der Waals surface area contributed by atoms with Crippen LogP contribution in [0.3, 0.4) is 0 Å². The fourth-order valence-electron chi connectivity index (χ4n) is 9.76. The number of unbranched alkanes of at least 4 members (excludes halogenated alkanes) is 2. The van der Waals surface area contributed by atoms with Gasteiger partial charge in [-0.3, -0.25) is 10.1 Å². The van der Waals surface area contributed by atoms with Crippen LogP contribution in [0.2, 0.25) is 0 Å². The zero-order valence-electron chi connectivity index (χ0n) is 51.5. The number of hydrogen-bond acceptors (Lipinski definition) is 18. The molecule has 0 heterocycles. The number of hydrogen-bond donors (Lipinski definition) is 7. The van der Waals surface area contributed by atoms with Crippen LogP contribution in [0.25, 0.3) is 43.1 Å². The van der Waals surface area contributed by atoms with E-state index in [1.54, 1.807) is 48.5 Å². The van der Waals surface area contributed by atoms with Crippen molar-refractivity contribution in [3.05, 3.63) is 234 Å². The average molecular weight is 1350 g/mol. The van der Waals surface area contributed by atoms with Crippen LogP contribution in [-0.2, 0) is 41.8 Å². The third-order valence-corrected chi connectivity index (χ3v) is 14.2. The average Bonchev–Trinajstić information content (AvgIpc) is 1.63. The minimum atomic E-state index is -2.08. The number of halogens is 1. The molecule has 2 aliphatic rings. The van der Waals surface area contributed by atoms with Gasteiger partial charge in [0.15, 0.2) is 0 Å². The predicted molar refractivity (Wildman–Crippen MR) is 344 cm³/mol. The van der Waals surface area contributed by atoms with Gasteiger partial charge in [0, 0.05) is 51.7 Å². The first-order valence-corrected chi connectivity index (χ1v) is 29.0. The molecule has 2 aliphatic carbocycles. The summed E-state index contributed by atoms with van der Waals surface area (Å²) >= 11 is 0. The Labute approximate surface area is 577 Å². The van der Waals surface area contributed by atoms with Crippen molar-refractivity contribution in [2.24, 2.45) is 16.0 Å². The summed E-state index contributed by atoms with van der Waals surface area (Å²) in [4.78, 5) is 94.8. The molecule has 3 amide bonds. The molecule has 31 heteroatoms. The molecule has 0 saturated heterocycles. The number of carbonyl (C=O) groups is 7. The van der Waals surface area contributed by atoms with E-state index < -0.39 is 59.5 Å². The third-order valence-electron chi connectivity index (χ3n) is 14.2. The monoisotopic (exact) mass is 1350 g/mol. The summed E-state index contributed by atoms with van der Waals surface area (Å²) in [5, 5.41) is 59.0. The number of nitrogens with one attached hydrogen (secondary N) is 3. The summed E-state index contributed by atoms with van der Waals surface area (Å²) in [6, 6.07) is 48.1. The second-order valence-corrected chi connectivity index (χ2v) is 20.4. The van der Waals surface area contributed by atoms with E-state index in [2.05, 4.69) is 48.1 Å². The molecule has 0 spiro atoms. The number of nitro groups is 1. The van der Waals surface area contributed by atoms with Crippen LogP contribution in [0, 0.1) is 10.1 Å². The van der Waals surface area contributed by atoms with Crippen molar-refractivity contribution < 1.29 is 112 Å². The van der Waals surface area contributed by atoms with Crippen LogP contribution in [0.4, 0.5) is 41.0 Å². The number of benzene rings is 7. The largest absolute Gasteiger partial charge is 1.00 e. The molecule has 0 bridgehead atoms. The van der Waals surface area contributed by atoms with Crippen LogP contribution >= 0.6 is 12.4 Å². The number of carbonyl (C=O) groups excluding carboxylic acids is 4. The molecule has 9 rings (SSSR count). The molecule has 7 aromatic carbocycles. The molecule has 29 nitrogen and oxygen atoms in total. The van der Waals surface area contributed by atoms with Crippen LogP contribution in [0.15, 0.2) is 180 Å². The Balaban J connectivity index is 0.000000307. The van der Waals surface area contributed by atoms with E-state index in [0.717, 1.165) is 56.5 Å². The van der Waals surface area contributed by atoms with Gasteiger partial charge in [-0.1, -0.05) is 156 Å². The number of ether oxygens (including phenoxy) is 5. The van der Waals surface area contributed by atoms with Gasteiger partial charge in [0.25, 0.3) is 5.69 Å². The number of nitrogens with zero attached hydrogens (tertiary/aromatic N) is 7. The molecule has 0 radical (unpaired) electrons. The molecular formula is C65H65ClN11NaO18. The van der Waals surface area contributed by atoms with Crippen molar-refractivity contribution in [3.8, 4) is 28.0 Å². The summed E-state index contributed by atoms with van der Waals surface area (Å²) in [5.74, 6) is -2.26. The van der Waals surface area contributed by atoms with Gasteiger partial charge >= 0.3 is 65.9 Å². The van der Waals surface area contributed by atoms with E-state index in [1.807, 2.05) is 84.9 Å². The molecule has 0 saturated carbocycles. The Morgan fingerprint density at radius 2 is 0.917 bits per heavy atom. The summed E-state index contributed by atoms with van der Waals surface area (Å²) in [7, 11) is 0. The number of carboxylic acid groups (broad SMARTS) is 4. The minimum absolute atomic E-state index is 0. The minimum Gasteiger partial charge on any atom is -0.565 e. The van der Waals surface area contributed by atoms with Crippen LogP contribution in [0.5, 0.6) is 5.75 Å². The van der Waals surface area contributed by atoms with Gasteiger partial charge in [-0.05, 0) is 124 Å². The van der Waals surface area contributed by atoms with Crippen molar-refractivity contribution in [2.75, 3.05) is 26.3 Å². The molecule has 96 heavy (non-hydrogen) atoms. The van der Waals surface area contributed by atoms with Crippen molar-refractivity contribution in [1.82, 2.24) is 16.0 Å². The summed E-state index contributed by atoms with van der Waals surface area (Å²) < 4.78 is 25.8. The zero-order chi connectivity index (χ0) is 67.8. The van der Waals surface area contributed by atoms with Gasteiger partial charge in [0.05, 0.1) is 4.92 Å². The van der Waals surface area contributed by atoms with Gasteiger partial charge in [0.1, 0.15) is 44.3 Å². The number of carboxylic acids is 2. The van der Waals surface area contributed by atoms with Crippen LogP contribution < -0.4 is 61.1 Å². The maximum absolute atomic E-state index is 12.5. The Bertz CT molecular complexity index is 3770. The van der Waals surface area contributed by atoms with Gasteiger partial charge in [-0.25, -0.2) is 28.8 Å². The first-order chi connectivity index (χ1) is 45.4. The Hall–Kier alpha value is -10.9. The molecule has 0 fully saturated rings. The molecule has 496 valence electrons. The van der Waals surface area contributed by atoms with Crippen molar-refractivity contribution >= 4 is 72.0 Å². The second-order valence-electron chi connectivity index (χ2n) is 20.4. The summed E-state index contributed by atoms with van der Waals surface area (Å²) in [6.45, 7) is 1.06. The van der Waals surface area contributed by atoms with Crippen LogP contribution in [0.1, 0.15) is 83.7 Å². The number of amides is 3. The van der Waals surface area contributed by atoms with Crippen molar-refractivity contribution in [3.63, 3.8) is 0 Å². The number of non-ortho nitro benzene ring substituents is 1. The van der Waals surface area contributed by atoms with E-state index in [0.29, 0.717) is 49.2 Å². The summed E-state index contributed by atoms with van der Waals surface area (Å²) in [5.41, 5.74) is 33.2. The number of aliphatic carboxylic acids is 2. The van der Waals surface area contributed by atoms with E-state index in [-0.39, 0.29) is 105 Å². The standard InChI is InChI=1S/C29H29N5O6.C21H24N2O4.C14H10N4O5.CH2O3.ClH.Na/c30-34-33-20-14-12-19(13-15-20)17-39-28(37)31-16-6-5-11-26(27(35)36)32-29(38)40-18-25-23-9-3-1-7-21(23)22-8-2-4-10-24(22)25;22-12-6-5-11-19(20(24)25)23-21(26)27-13-18-16-9-3-1-7-14(16)15-8-2-4-10-17(15)18;15-17-16-11-3-1-10(2-4-11)9-22-14(19)23-13-7-5-12(6-8-13)18(20)21;2-1(3)4;;/h1-4,7-10,12-15,25-26H,5-6,11,16-18H2,(H,31,37)(H,32,38)(H,35,36);1-4,7-10,18-19H,5-6,11-13,22H2,(H,23,26)(H,24,25);1-8H,9H2;(H2,2,3,4);1H;/q;;;;;+1/p-1/t26-;19-;;;;/m00..../s1. The Kier molecular flexibility index (Phi) is 33.1. The fourth-order valence-corrected chi connectivity index (χ4v) is 9.76. The molecule has 0 unspecified atom stereocenters. The van der Waals surface area contributed by atoms with E-state index in [9.17, 15) is 49.1 Å². The van der Waals surface area contributed by atoms with Crippen molar-refractivity contribution in [2.45, 2.75) is 75.7 Å². The number of nitrogens with two attached hydrogens (primary N) is 1. The fraction of sp³-hybridized carbons (Fsp3) is 0.246. The molecule has 7 aromatic rings. The SMILES string of the molecule is Cl.NCCCC[C@H](NC(=O)OCC1c2ccccc2-c2ccccc21)C(=O)O.O=C([O-])O.[N-]=[N+]=Nc1ccc(COC(=O)NCCCC[C@H](NC(=O)OCC2c3ccccc3-c3ccccc32)C(=O)O)cc1.[N-]=[N+]=Nc1ccc(COC(=O)Oc2ccc([N+](=O)[O-])cc2)cc1.[Na+]. The zero-order valence-corrected chi connectivity index (χ0v) is 54.4. The molecular weight excluding hydrogens is 1280 g/mol. The maximum atomic E-state index is 12.5. The summed E-state index contributed by atoms with van der Waals surface area (Å²) in [6.07, 6.45) is -2.32. The van der Waals surface area contributed by atoms with Crippen LogP contribution in [-0.4, -0.2) is 101 Å². The van der Waals surface area contributed by atoms with Gasteiger partial charge in [-0.2, -0.15) is 0 Å². The number of alkyl carbamates (subject to hydrolysis) is 3. The number of rotatable bonds is 25. The first-order valence-electron chi connectivity index (χ1n) is 29.0. The Morgan fingerprint density at radius 3 is 1.28 bits per heavy atom. The van der Waals surface area contributed by atoms with E-state index >= 15 is 0 Å².